The Morgan fingerprint density at radius 3 is 2.52 bits per heavy atom. The maximum atomic E-state index is 12.0. The molecule has 0 bridgehead atoms. The number of anilines is 1. The molecule has 2 rings (SSSR count). The smallest absolute Gasteiger partial charge is 0.374 e. The lowest BCUT2D eigenvalue weighted by atomic mass is 10.1. The number of benzene rings is 1. The number of hydrogen-bond acceptors (Lipinski definition) is 4. The quantitative estimate of drug-likeness (QED) is 0.858. The Bertz CT molecular complexity index is 602. The Hall–Kier alpha value is -2.56. The van der Waals surface area contributed by atoms with Crippen molar-refractivity contribution in [1.82, 2.24) is 0 Å². The first kappa shape index (κ1) is 14.8. The van der Waals surface area contributed by atoms with E-state index in [-0.39, 0.29) is 11.7 Å². The normalized spacial score (nSPS) is 11.7. The third kappa shape index (κ3) is 3.95. The van der Waals surface area contributed by atoms with Crippen LogP contribution in [0.2, 0.25) is 0 Å². The van der Waals surface area contributed by atoms with Crippen molar-refractivity contribution in [3.8, 4) is 0 Å². The fourth-order valence-electron chi connectivity index (χ4n) is 1.73. The van der Waals surface area contributed by atoms with E-state index >= 15 is 0 Å². The van der Waals surface area contributed by atoms with Gasteiger partial charge in [0.25, 0.3) is 5.91 Å². The van der Waals surface area contributed by atoms with Crippen molar-refractivity contribution in [2.75, 3.05) is 5.32 Å². The average molecular weight is 287 g/mol. The van der Waals surface area contributed by atoms with Crippen LogP contribution in [0.15, 0.2) is 47.1 Å². The van der Waals surface area contributed by atoms with Crippen molar-refractivity contribution in [2.45, 2.75) is 26.4 Å². The maximum Gasteiger partial charge on any atom is 0.374 e. The van der Waals surface area contributed by atoms with Gasteiger partial charge in [0, 0.05) is 5.69 Å². The molecule has 110 valence electrons. The molecule has 0 fully saturated rings. The van der Waals surface area contributed by atoms with E-state index in [1.807, 2.05) is 24.3 Å². The minimum Gasteiger partial charge on any atom is -0.457 e. The Balaban J connectivity index is 1.91. The highest BCUT2D eigenvalue weighted by molar-refractivity contribution is 5.96. The second-order valence-corrected chi connectivity index (χ2v) is 4.56. The zero-order valence-corrected chi connectivity index (χ0v) is 12.0. The molecule has 0 aliphatic rings. The summed E-state index contributed by atoms with van der Waals surface area (Å²) < 4.78 is 9.94. The van der Waals surface area contributed by atoms with Gasteiger partial charge < -0.3 is 14.5 Å². The highest BCUT2D eigenvalue weighted by Crippen LogP contribution is 2.11. The number of ether oxygens (including phenoxy) is 1. The first-order valence-electron chi connectivity index (χ1n) is 6.74. The van der Waals surface area contributed by atoms with E-state index in [4.69, 9.17) is 9.15 Å². The first-order chi connectivity index (χ1) is 10.1. The van der Waals surface area contributed by atoms with Gasteiger partial charge >= 0.3 is 5.97 Å². The van der Waals surface area contributed by atoms with Gasteiger partial charge in [-0.15, -0.1) is 0 Å². The minimum atomic E-state index is -0.909. The molecule has 1 atom stereocenters. The number of nitrogens with one attached hydrogen (secondary N) is 1. The standard InChI is InChI=1S/C16H17NO4/c1-3-12-6-8-13(9-7-12)17-15(18)11(2)21-16(19)14-5-4-10-20-14/h4-11H,3H2,1-2H3,(H,17,18). The van der Waals surface area contributed by atoms with E-state index in [1.165, 1.54) is 24.8 Å². The lowest BCUT2D eigenvalue weighted by Gasteiger charge is -2.12. The van der Waals surface area contributed by atoms with Crippen LogP contribution in [-0.4, -0.2) is 18.0 Å². The van der Waals surface area contributed by atoms with E-state index in [0.29, 0.717) is 5.69 Å². The molecule has 5 heteroatoms. The molecule has 1 amide bonds. The molecule has 1 N–H and O–H groups in total. The summed E-state index contributed by atoms with van der Waals surface area (Å²) in [6.07, 6.45) is 1.40. The van der Waals surface area contributed by atoms with E-state index in [0.717, 1.165) is 6.42 Å². The summed E-state index contributed by atoms with van der Waals surface area (Å²) in [5.41, 5.74) is 1.85. The van der Waals surface area contributed by atoms with Gasteiger partial charge in [0.2, 0.25) is 5.76 Å². The van der Waals surface area contributed by atoms with Gasteiger partial charge in [-0.25, -0.2) is 4.79 Å². The average Bonchev–Trinajstić information content (AvgIpc) is 3.02. The Kier molecular flexibility index (Phi) is 4.77. The maximum absolute atomic E-state index is 12.0. The Morgan fingerprint density at radius 2 is 1.95 bits per heavy atom. The van der Waals surface area contributed by atoms with E-state index in [2.05, 4.69) is 12.2 Å². The van der Waals surface area contributed by atoms with Crippen LogP contribution >= 0.6 is 0 Å². The zero-order chi connectivity index (χ0) is 15.2. The van der Waals surface area contributed by atoms with Gasteiger partial charge in [-0.3, -0.25) is 4.79 Å². The molecule has 21 heavy (non-hydrogen) atoms. The van der Waals surface area contributed by atoms with Crippen molar-refractivity contribution in [3.05, 3.63) is 54.0 Å². The molecule has 0 spiro atoms. The summed E-state index contributed by atoms with van der Waals surface area (Å²) in [6.45, 7) is 3.57. The van der Waals surface area contributed by atoms with Gasteiger partial charge in [-0.2, -0.15) is 0 Å². The SMILES string of the molecule is CCc1ccc(NC(=O)C(C)OC(=O)c2ccco2)cc1. The highest BCUT2D eigenvalue weighted by atomic mass is 16.6. The number of carbonyl (C=O) groups excluding carboxylic acids is 2. The van der Waals surface area contributed by atoms with Crippen molar-refractivity contribution < 1.29 is 18.7 Å². The van der Waals surface area contributed by atoms with Crippen LogP contribution in [0.3, 0.4) is 0 Å². The van der Waals surface area contributed by atoms with Gasteiger partial charge in [0.05, 0.1) is 6.26 Å². The molecular formula is C16H17NO4. The zero-order valence-electron chi connectivity index (χ0n) is 12.0. The highest BCUT2D eigenvalue weighted by Gasteiger charge is 2.20. The molecular weight excluding hydrogens is 270 g/mol. The fourth-order valence-corrected chi connectivity index (χ4v) is 1.73. The van der Waals surface area contributed by atoms with Crippen molar-refractivity contribution in [3.63, 3.8) is 0 Å². The molecule has 2 aromatic rings. The molecule has 5 nitrogen and oxygen atoms in total. The third-order valence-corrected chi connectivity index (χ3v) is 3.01. The molecule has 1 heterocycles. The largest absolute Gasteiger partial charge is 0.457 e. The van der Waals surface area contributed by atoms with Crippen LogP contribution < -0.4 is 5.32 Å². The number of furan rings is 1. The fraction of sp³-hybridized carbons (Fsp3) is 0.250. The third-order valence-electron chi connectivity index (χ3n) is 3.01. The van der Waals surface area contributed by atoms with Crippen LogP contribution in [0.1, 0.15) is 30.0 Å². The summed E-state index contributed by atoms with van der Waals surface area (Å²) in [7, 11) is 0. The van der Waals surface area contributed by atoms with Gasteiger partial charge in [-0.1, -0.05) is 19.1 Å². The lowest BCUT2D eigenvalue weighted by Crippen LogP contribution is -2.29. The first-order valence-corrected chi connectivity index (χ1v) is 6.74. The molecule has 0 saturated heterocycles. The Morgan fingerprint density at radius 1 is 1.24 bits per heavy atom. The van der Waals surface area contributed by atoms with Crippen molar-refractivity contribution in [1.29, 1.82) is 0 Å². The molecule has 0 saturated carbocycles. The number of hydrogen-bond donors (Lipinski definition) is 1. The summed E-state index contributed by atoms with van der Waals surface area (Å²) in [6, 6.07) is 10.6. The number of amides is 1. The van der Waals surface area contributed by atoms with Crippen LogP contribution in [0.5, 0.6) is 0 Å². The van der Waals surface area contributed by atoms with Crippen molar-refractivity contribution >= 4 is 17.6 Å². The molecule has 1 unspecified atom stereocenters. The number of carbonyl (C=O) groups is 2. The van der Waals surface area contributed by atoms with E-state index in [9.17, 15) is 9.59 Å². The Labute approximate surface area is 122 Å². The van der Waals surface area contributed by atoms with Crippen LogP contribution in [0, 0.1) is 0 Å². The monoisotopic (exact) mass is 287 g/mol. The van der Waals surface area contributed by atoms with Crippen LogP contribution in [0.25, 0.3) is 0 Å². The van der Waals surface area contributed by atoms with Gasteiger partial charge in [0.1, 0.15) is 0 Å². The van der Waals surface area contributed by atoms with Crippen molar-refractivity contribution in [2.24, 2.45) is 0 Å². The number of rotatable bonds is 5. The molecule has 1 aromatic heterocycles. The van der Waals surface area contributed by atoms with Crippen LogP contribution in [-0.2, 0) is 16.0 Å². The van der Waals surface area contributed by atoms with Gasteiger partial charge in [-0.05, 0) is 43.2 Å². The molecule has 0 aliphatic heterocycles. The molecule has 0 radical (unpaired) electrons. The van der Waals surface area contributed by atoms with Gasteiger partial charge in [0.15, 0.2) is 6.10 Å². The number of esters is 1. The van der Waals surface area contributed by atoms with Crippen LogP contribution in [0.4, 0.5) is 5.69 Å². The second kappa shape index (κ2) is 6.74. The predicted molar refractivity (Wildman–Crippen MR) is 78.0 cm³/mol. The summed E-state index contributed by atoms with van der Waals surface area (Å²) in [5.74, 6) is -0.981. The summed E-state index contributed by atoms with van der Waals surface area (Å²) in [4.78, 5) is 23.6. The topological polar surface area (TPSA) is 68.5 Å². The van der Waals surface area contributed by atoms with E-state index in [1.54, 1.807) is 6.07 Å². The lowest BCUT2D eigenvalue weighted by molar-refractivity contribution is -0.123. The summed E-state index contributed by atoms with van der Waals surface area (Å²) in [5, 5.41) is 2.70. The number of aryl methyl sites for hydroxylation is 1. The minimum absolute atomic E-state index is 0.0712. The summed E-state index contributed by atoms with van der Waals surface area (Å²) >= 11 is 0. The predicted octanol–water partition coefficient (Wildman–Crippen LogP) is 3.03. The van der Waals surface area contributed by atoms with E-state index < -0.39 is 12.1 Å². The second-order valence-electron chi connectivity index (χ2n) is 4.56. The molecule has 0 aliphatic carbocycles. The molecule has 1 aromatic carbocycles.